The van der Waals surface area contributed by atoms with Crippen molar-refractivity contribution in [2.75, 3.05) is 5.32 Å². The molecule has 0 amide bonds. The molecule has 1 aromatic heterocycles. The van der Waals surface area contributed by atoms with Crippen molar-refractivity contribution in [1.29, 1.82) is 0 Å². The molecule has 5 heteroatoms. The third-order valence-electron chi connectivity index (χ3n) is 2.50. The number of aromatic nitrogens is 1. The summed E-state index contributed by atoms with van der Waals surface area (Å²) in [6.07, 6.45) is 0. The molecule has 1 aromatic carbocycles. The van der Waals surface area contributed by atoms with Crippen LogP contribution in [-0.4, -0.2) is 4.98 Å². The van der Waals surface area contributed by atoms with Gasteiger partial charge in [-0.2, -0.15) is 0 Å². The van der Waals surface area contributed by atoms with Gasteiger partial charge in [0.2, 0.25) is 0 Å². The maximum Gasteiger partial charge on any atom is 0.139 e. The number of hydrogen-bond donors (Lipinski definition) is 1. The molecular weight excluding hydrogens is 363 g/mol. The second-order valence-corrected chi connectivity index (χ2v) is 5.55. The topological polar surface area (TPSA) is 24.9 Å². The molecule has 0 saturated carbocycles. The Labute approximate surface area is 122 Å². The Hall–Kier alpha value is -0.940. The largest absolute Gasteiger partial charge is 0.379 e. The lowest BCUT2D eigenvalue weighted by Gasteiger charge is -2.10. The average Bonchev–Trinajstić information content (AvgIpc) is 2.32. The minimum Gasteiger partial charge on any atom is -0.379 e. The summed E-state index contributed by atoms with van der Waals surface area (Å²) < 4.78 is 14.7. The molecule has 1 heterocycles. The van der Waals surface area contributed by atoms with Gasteiger partial charge in [0.05, 0.1) is 16.7 Å². The van der Waals surface area contributed by atoms with Crippen molar-refractivity contribution in [2.45, 2.75) is 13.5 Å². The lowest BCUT2D eigenvalue weighted by atomic mass is 10.2. The predicted molar refractivity (Wildman–Crippen MR) is 78.1 cm³/mol. The molecule has 0 fully saturated rings. The van der Waals surface area contributed by atoms with Crippen LogP contribution in [0.15, 0.2) is 39.4 Å². The first-order valence-electron chi connectivity index (χ1n) is 5.37. The molecule has 0 bridgehead atoms. The van der Waals surface area contributed by atoms with Crippen molar-refractivity contribution in [3.8, 4) is 0 Å². The van der Waals surface area contributed by atoms with Crippen LogP contribution in [0.4, 0.5) is 10.1 Å². The molecule has 0 aliphatic heterocycles. The summed E-state index contributed by atoms with van der Waals surface area (Å²) >= 11 is 6.48. The Morgan fingerprint density at radius 1 is 1.28 bits per heavy atom. The molecule has 2 rings (SSSR count). The van der Waals surface area contributed by atoms with E-state index in [9.17, 15) is 4.39 Å². The van der Waals surface area contributed by atoms with E-state index in [4.69, 9.17) is 0 Å². The zero-order valence-electron chi connectivity index (χ0n) is 9.67. The summed E-state index contributed by atoms with van der Waals surface area (Å²) in [5.41, 5.74) is 2.66. The van der Waals surface area contributed by atoms with Crippen LogP contribution in [-0.2, 0) is 6.54 Å². The van der Waals surface area contributed by atoms with Crippen LogP contribution in [0.2, 0.25) is 0 Å². The number of hydrogen-bond acceptors (Lipinski definition) is 2. The smallest absolute Gasteiger partial charge is 0.139 e. The van der Waals surface area contributed by atoms with E-state index in [2.05, 4.69) is 42.2 Å². The zero-order chi connectivity index (χ0) is 13.1. The lowest BCUT2D eigenvalue weighted by Crippen LogP contribution is -2.03. The highest BCUT2D eigenvalue weighted by molar-refractivity contribution is 9.10. The number of nitrogens with one attached hydrogen (secondary N) is 1. The van der Waals surface area contributed by atoms with Gasteiger partial charge in [-0.3, -0.25) is 0 Å². The van der Waals surface area contributed by atoms with Crippen LogP contribution < -0.4 is 5.32 Å². The van der Waals surface area contributed by atoms with Crippen molar-refractivity contribution in [1.82, 2.24) is 4.98 Å². The van der Waals surface area contributed by atoms with Gasteiger partial charge in [-0.25, -0.2) is 9.37 Å². The Kier molecular flexibility index (Phi) is 4.35. The molecule has 2 nitrogen and oxygen atoms in total. The number of halogens is 3. The SMILES string of the molecule is Cc1cc(Br)c(F)cc1NCc1cccc(Br)n1. The molecule has 2 aromatic rings. The summed E-state index contributed by atoms with van der Waals surface area (Å²) in [6, 6.07) is 8.95. The number of anilines is 1. The molecular formula is C13H11Br2FN2. The van der Waals surface area contributed by atoms with Crippen molar-refractivity contribution in [3.05, 3.63) is 56.5 Å². The van der Waals surface area contributed by atoms with E-state index in [-0.39, 0.29) is 5.82 Å². The monoisotopic (exact) mass is 372 g/mol. The molecule has 0 spiro atoms. The summed E-state index contributed by atoms with van der Waals surface area (Å²) in [6.45, 7) is 2.49. The maximum absolute atomic E-state index is 13.4. The third-order valence-corrected chi connectivity index (χ3v) is 3.55. The van der Waals surface area contributed by atoms with E-state index < -0.39 is 0 Å². The van der Waals surface area contributed by atoms with Crippen LogP contribution >= 0.6 is 31.9 Å². The summed E-state index contributed by atoms with van der Waals surface area (Å²) in [7, 11) is 0. The number of aryl methyl sites for hydroxylation is 1. The predicted octanol–water partition coefficient (Wildman–Crippen LogP) is 4.67. The van der Waals surface area contributed by atoms with Gasteiger partial charge in [-0.1, -0.05) is 6.07 Å². The minimum absolute atomic E-state index is 0.273. The molecule has 0 unspecified atom stereocenters. The van der Waals surface area contributed by atoms with Crippen molar-refractivity contribution in [2.24, 2.45) is 0 Å². The fourth-order valence-corrected chi connectivity index (χ4v) is 2.41. The molecule has 0 radical (unpaired) electrons. The Balaban J connectivity index is 2.13. The highest BCUT2D eigenvalue weighted by Gasteiger charge is 2.05. The van der Waals surface area contributed by atoms with Gasteiger partial charge in [-0.15, -0.1) is 0 Å². The van der Waals surface area contributed by atoms with Gasteiger partial charge in [0, 0.05) is 5.69 Å². The van der Waals surface area contributed by atoms with Gasteiger partial charge >= 0.3 is 0 Å². The van der Waals surface area contributed by atoms with Gasteiger partial charge in [0.25, 0.3) is 0 Å². The normalized spacial score (nSPS) is 10.4. The summed E-state index contributed by atoms with van der Waals surface area (Å²) in [5, 5.41) is 3.18. The van der Waals surface area contributed by atoms with E-state index in [0.717, 1.165) is 21.5 Å². The summed E-state index contributed by atoms with van der Waals surface area (Å²) in [4.78, 5) is 4.31. The van der Waals surface area contributed by atoms with E-state index >= 15 is 0 Å². The van der Waals surface area contributed by atoms with Gasteiger partial charge in [0.1, 0.15) is 10.4 Å². The fraction of sp³-hybridized carbons (Fsp3) is 0.154. The van der Waals surface area contributed by atoms with E-state index in [1.54, 1.807) is 6.07 Å². The molecule has 0 atom stereocenters. The van der Waals surface area contributed by atoms with Crippen LogP contribution in [0.1, 0.15) is 11.3 Å². The van der Waals surface area contributed by atoms with Crippen molar-refractivity contribution in [3.63, 3.8) is 0 Å². The van der Waals surface area contributed by atoms with Gasteiger partial charge < -0.3 is 5.32 Å². The van der Waals surface area contributed by atoms with E-state index in [0.29, 0.717) is 11.0 Å². The maximum atomic E-state index is 13.4. The van der Waals surface area contributed by atoms with E-state index in [1.165, 1.54) is 6.07 Å². The first kappa shape index (κ1) is 13.5. The highest BCUT2D eigenvalue weighted by Crippen LogP contribution is 2.24. The number of pyridine rings is 1. The van der Waals surface area contributed by atoms with Gasteiger partial charge in [-0.05, 0) is 68.6 Å². The molecule has 1 N–H and O–H groups in total. The first-order valence-corrected chi connectivity index (χ1v) is 6.96. The molecule has 0 aliphatic rings. The second kappa shape index (κ2) is 5.80. The van der Waals surface area contributed by atoms with Crippen molar-refractivity contribution >= 4 is 37.5 Å². The molecule has 0 saturated heterocycles. The lowest BCUT2D eigenvalue weighted by molar-refractivity contribution is 0.621. The standard InChI is InChI=1S/C13H11Br2FN2/c1-8-5-10(14)11(16)6-12(8)17-7-9-3-2-4-13(15)18-9/h2-6,17H,7H2,1H3. The minimum atomic E-state index is -0.273. The van der Waals surface area contributed by atoms with E-state index in [1.807, 2.05) is 25.1 Å². The number of rotatable bonds is 3. The quantitative estimate of drug-likeness (QED) is 0.791. The van der Waals surface area contributed by atoms with Crippen LogP contribution in [0.5, 0.6) is 0 Å². The fourth-order valence-electron chi connectivity index (χ4n) is 1.57. The average molecular weight is 374 g/mol. The first-order chi connectivity index (χ1) is 8.56. The van der Waals surface area contributed by atoms with Crippen molar-refractivity contribution < 1.29 is 4.39 Å². The Morgan fingerprint density at radius 2 is 2.06 bits per heavy atom. The molecule has 94 valence electrons. The number of nitrogens with zero attached hydrogens (tertiary/aromatic N) is 1. The number of benzene rings is 1. The highest BCUT2D eigenvalue weighted by atomic mass is 79.9. The van der Waals surface area contributed by atoms with Crippen LogP contribution in [0.25, 0.3) is 0 Å². The Morgan fingerprint density at radius 3 is 2.78 bits per heavy atom. The van der Waals surface area contributed by atoms with Gasteiger partial charge in [0.15, 0.2) is 0 Å². The van der Waals surface area contributed by atoms with Crippen LogP contribution in [0, 0.1) is 12.7 Å². The Bertz CT molecular complexity index is 573. The van der Waals surface area contributed by atoms with Crippen LogP contribution in [0.3, 0.4) is 0 Å². The molecule has 0 aliphatic carbocycles. The third kappa shape index (κ3) is 3.29. The second-order valence-electron chi connectivity index (χ2n) is 3.89. The molecule has 18 heavy (non-hydrogen) atoms. The zero-order valence-corrected chi connectivity index (χ0v) is 12.8. The summed E-state index contributed by atoms with van der Waals surface area (Å²) in [5.74, 6) is -0.273.